The predicted octanol–water partition coefficient (Wildman–Crippen LogP) is 6.27. The average molecular weight is 879 g/mol. The lowest BCUT2D eigenvalue weighted by Crippen LogP contribution is -2.37. The van der Waals surface area contributed by atoms with Gasteiger partial charge < -0.3 is 30.4 Å². The molecule has 8 heterocycles. The Labute approximate surface area is 379 Å². The monoisotopic (exact) mass is 878 g/mol. The highest BCUT2D eigenvalue weighted by atomic mass is 16.2. The van der Waals surface area contributed by atoms with E-state index in [1.54, 1.807) is 50.5 Å². The molecule has 8 aromatic rings. The molecule has 1 unspecified atom stereocenters. The largest absolute Gasteiger partial charge is 0.364 e. The summed E-state index contributed by atoms with van der Waals surface area (Å²) < 4.78 is 4.51. The molecular weight excluding hydrogens is 833 g/mol. The number of hydrogen-bond donors (Lipinski definition) is 2. The summed E-state index contributed by atoms with van der Waals surface area (Å²) in [5, 5.41) is 3.65. The molecule has 0 saturated carbocycles. The van der Waals surface area contributed by atoms with Gasteiger partial charge in [0, 0.05) is 110 Å². The lowest BCUT2D eigenvalue weighted by atomic mass is 9.90. The number of fused-ring (bicyclic) bond motifs is 4. The van der Waals surface area contributed by atoms with E-state index >= 15 is 0 Å². The number of amides is 4. The molecule has 330 valence electrons. The Hall–Kier alpha value is -8.14. The molecular formula is C50H46N12O4. The van der Waals surface area contributed by atoms with Crippen LogP contribution < -0.4 is 11.5 Å². The molecule has 0 radical (unpaired) electrons. The van der Waals surface area contributed by atoms with Crippen molar-refractivity contribution in [3.8, 4) is 45.0 Å². The maximum absolute atomic E-state index is 12.9. The fourth-order valence-electron chi connectivity index (χ4n) is 9.47. The average Bonchev–Trinajstić information content (AvgIpc) is 3.91. The molecule has 16 heteroatoms. The van der Waals surface area contributed by atoms with Gasteiger partial charge >= 0.3 is 0 Å². The second kappa shape index (κ2) is 16.4. The van der Waals surface area contributed by atoms with Gasteiger partial charge in [-0.1, -0.05) is 44.2 Å². The van der Waals surface area contributed by atoms with Crippen molar-refractivity contribution in [1.82, 2.24) is 48.8 Å². The number of imidazole rings is 2. The van der Waals surface area contributed by atoms with E-state index < -0.39 is 11.8 Å². The van der Waals surface area contributed by atoms with Crippen molar-refractivity contribution in [3.63, 3.8) is 0 Å². The summed E-state index contributed by atoms with van der Waals surface area (Å²) in [6, 6.07) is 21.1. The van der Waals surface area contributed by atoms with Crippen LogP contribution in [0.2, 0.25) is 0 Å². The Morgan fingerprint density at radius 1 is 0.621 bits per heavy atom. The Morgan fingerprint density at radius 3 is 1.79 bits per heavy atom. The van der Waals surface area contributed by atoms with Gasteiger partial charge in [-0.05, 0) is 52.7 Å². The van der Waals surface area contributed by atoms with Crippen LogP contribution in [-0.4, -0.2) is 85.6 Å². The normalized spacial score (nSPS) is 14.0. The third-order valence-electron chi connectivity index (χ3n) is 13.0. The molecule has 0 saturated heterocycles. The first-order chi connectivity index (χ1) is 31.9. The van der Waals surface area contributed by atoms with Gasteiger partial charge in [-0.15, -0.1) is 0 Å². The van der Waals surface area contributed by atoms with E-state index in [9.17, 15) is 19.2 Å². The van der Waals surface area contributed by atoms with E-state index in [1.165, 1.54) is 0 Å². The smallest absolute Gasteiger partial charge is 0.267 e. The van der Waals surface area contributed by atoms with E-state index in [1.807, 2.05) is 46.5 Å². The van der Waals surface area contributed by atoms with E-state index in [4.69, 9.17) is 31.4 Å². The highest BCUT2D eigenvalue weighted by Gasteiger charge is 2.32. The fourth-order valence-corrected chi connectivity index (χ4v) is 9.47. The van der Waals surface area contributed by atoms with Crippen molar-refractivity contribution in [2.75, 3.05) is 13.1 Å². The summed E-state index contributed by atoms with van der Waals surface area (Å²) in [6.07, 6.45) is 7.64. The number of nitrogens with two attached hydrogens (primary N) is 2. The van der Waals surface area contributed by atoms with Crippen molar-refractivity contribution >= 4 is 45.2 Å². The zero-order valence-corrected chi connectivity index (χ0v) is 36.9. The summed E-state index contributed by atoms with van der Waals surface area (Å²) in [6.45, 7) is 10.7. The highest BCUT2D eigenvalue weighted by Crippen LogP contribution is 2.42. The SMILES string of the molecule is CCc1nc(-c2ccc(C(C)c3nc(-c4cccc5cc(-c6ccc(C(N)=O)nc6)ncc45)c4n3CCN(C(C)=O)C4)c3cc(-c4ccc(C(N)=O)nc4)ncc23)c2n1CCN(C(C)=O)C2. The fraction of sp³-hybridized carbons (Fsp3) is 0.240. The van der Waals surface area contributed by atoms with Crippen molar-refractivity contribution in [2.24, 2.45) is 11.5 Å². The summed E-state index contributed by atoms with van der Waals surface area (Å²) in [5.41, 5.74) is 20.4. The number of hydrogen-bond acceptors (Lipinski definition) is 10. The molecule has 0 fully saturated rings. The molecule has 2 aliphatic rings. The first-order valence-electron chi connectivity index (χ1n) is 21.9. The minimum absolute atomic E-state index is 0.0118. The minimum atomic E-state index is -0.614. The molecule has 4 amide bonds. The molecule has 16 nitrogen and oxygen atoms in total. The second-order valence-corrected chi connectivity index (χ2v) is 16.9. The summed E-state index contributed by atoms with van der Waals surface area (Å²) >= 11 is 0. The van der Waals surface area contributed by atoms with Crippen molar-refractivity contribution in [1.29, 1.82) is 0 Å². The van der Waals surface area contributed by atoms with Crippen LogP contribution in [0, 0.1) is 0 Å². The van der Waals surface area contributed by atoms with Crippen LogP contribution in [0.3, 0.4) is 0 Å². The van der Waals surface area contributed by atoms with Crippen molar-refractivity contribution < 1.29 is 19.2 Å². The standard InChI is InChI=1S/C50H46N12O4/c1-5-45-57-46(43-25-59(28(3)63)15-17-61(43)45)35-12-11-33(36-20-42(56-24-38(35)36)32-10-14-40(49(52)66)54-22-32)27(2)50-58-47(44-26-60(29(4)64)16-18-62(44)50)34-8-6-7-30-19-41(55-23-37(30)34)31-9-13-39(48(51)65)53-21-31/h6-14,19-24,27H,5,15-18,25-26H2,1-4H3,(H2,51,65)(H2,52,66). The zero-order valence-electron chi connectivity index (χ0n) is 36.9. The van der Waals surface area contributed by atoms with Crippen LogP contribution in [-0.2, 0) is 42.2 Å². The van der Waals surface area contributed by atoms with Gasteiger partial charge in [-0.2, -0.15) is 0 Å². The molecule has 2 aliphatic heterocycles. The number of carbonyl (C=O) groups is 4. The molecule has 0 bridgehead atoms. The molecule has 10 rings (SSSR count). The zero-order chi connectivity index (χ0) is 46.0. The maximum Gasteiger partial charge on any atom is 0.267 e. The molecule has 6 aromatic heterocycles. The number of rotatable bonds is 9. The quantitative estimate of drug-likeness (QED) is 0.166. The van der Waals surface area contributed by atoms with Crippen LogP contribution in [0.15, 0.2) is 91.5 Å². The topological polar surface area (TPSA) is 214 Å². The van der Waals surface area contributed by atoms with Gasteiger partial charge in [-0.25, -0.2) is 9.97 Å². The third kappa shape index (κ3) is 7.19. The van der Waals surface area contributed by atoms with Gasteiger partial charge in [0.25, 0.3) is 11.8 Å². The number of aryl methyl sites for hydroxylation is 1. The number of pyridine rings is 4. The Morgan fingerprint density at radius 2 is 1.20 bits per heavy atom. The third-order valence-corrected chi connectivity index (χ3v) is 13.0. The highest BCUT2D eigenvalue weighted by molar-refractivity contribution is 6.01. The number of benzene rings is 2. The first kappa shape index (κ1) is 41.8. The van der Waals surface area contributed by atoms with Gasteiger partial charge in [0.1, 0.15) is 23.0 Å². The predicted molar refractivity (Wildman–Crippen MR) is 249 cm³/mol. The summed E-state index contributed by atoms with van der Waals surface area (Å²) in [7, 11) is 0. The van der Waals surface area contributed by atoms with E-state index in [-0.39, 0.29) is 29.1 Å². The lowest BCUT2D eigenvalue weighted by Gasteiger charge is -2.29. The molecule has 66 heavy (non-hydrogen) atoms. The number of aromatic nitrogens is 8. The minimum Gasteiger partial charge on any atom is -0.364 e. The lowest BCUT2D eigenvalue weighted by molar-refractivity contribution is -0.131. The molecule has 1 atom stereocenters. The van der Waals surface area contributed by atoms with E-state index in [0.717, 1.165) is 84.6 Å². The molecule has 0 aliphatic carbocycles. The van der Waals surface area contributed by atoms with Crippen LogP contribution in [0.4, 0.5) is 0 Å². The van der Waals surface area contributed by atoms with Crippen LogP contribution in [0.5, 0.6) is 0 Å². The van der Waals surface area contributed by atoms with Gasteiger partial charge in [0.05, 0.1) is 47.3 Å². The molecule has 4 N–H and O–H groups in total. The van der Waals surface area contributed by atoms with Crippen molar-refractivity contribution in [2.45, 2.75) is 66.2 Å². The van der Waals surface area contributed by atoms with Crippen molar-refractivity contribution in [3.05, 3.63) is 132 Å². The molecule has 2 aromatic carbocycles. The van der Waals surface area contributed by atoms with Gasteiger partial charge in [-0.3, -0.25) is 39.1 Å². The number of primary amides is 2. The second-order valence-electron chi connectivity index (χ2n) is 16.9. The summed E-state index contributed by atoms with van der Waals surface area (Å²) in [4.78, 5) is 81.9. The number of nitrogens with zero attached hydrogens (tertiary/aromatic N) is 10. The van der Waals surface area contributed by atoms with Gasteiger partial charge in [0.15, 0.2) is 0 Å². The van der Waals surface area contributed by atoms with Crippen LogP contribution in [0.25, 0.3) is 66.6 Å². The Balaban J connectivity index is 1.13. The Kier molecular flexibility index (Phi) is 10.4. The van der Waals surface area contributed by atoms with E-state index in [0.29, 0.717) is 56.2 Å². The summed E-state index contributed by atoms with van der Waals surface area (Å²) in [5.74, 6) is 0.346. The van der Waals surface area contributed by atoms with Gasteiger partial charge in [0.2, 0.25) is 11.8 Å². The van der Waals surface area contributed by atoms with Crippen LogP contribution >= 0.6 is 0 Å². The molecule has 0 spiro atoms. The maximum atomic E-state index is 12.9. The van der Waals surface area contributed by atoms with Crippen LogP contribution in [0.1, 0.15) is 83.2 Å². The number of carbonyl (C=O) groups excluding carboxylic acids is 4. The Bertz CT molecular complexity index is 3300. The van der Waals surface area contributed by atoms with E-state index in [2.05, 4.69) is 51.1 Å². The first-order valence-corrected chi connectivity index (χ1v) is 21.9.